The Kier molecular flexibility index (Phi) is 4.21. The Morgan fingerprint density at radius 1 is 1.08 bits per heavy atom. The number of hydrogen-bond acceptors (Lipinski definition) is 2. The lowest BCUT2D eigenvalue weighted by molar-refractivity contribution is 0.259. The van der Waals surface area contributed by atoms with Gasteiger partial charge in [-0.05, 0) is 62.4 Å². The molecule has 66 valence electrons. The van der Waals surface area contributed by atoms with E-state index in [-0.39, 0.29) is 13.2 Å². The van der Waals surface area contributed by atoms with E-state index in [0.717, 1.165) is 18.3 Å². The summed E-state index contributed by atoms with van der Waals surface area (Å²) in [7, 11) is 0. The third-order valence-corrected chi connectivity index (χ3v) is 4.78. The number of hydrogen-bond donors (Lipinski definition) is 2. The van der Waals surface area contributed by atoms with Crippen LogP contribution in [0.4, 0.5) is 0 Å². The summed E-state index contributed by atoms with van der Waals surface area (Å²) in [4.78, 5) is 0. The fourth-order valence-electron chi connectivity index (χ4n) is 0.952. The Labute approximate surface area is 98.3 Å². The van der Waals surface area contributed by atoms with E-state index in [9.17, 15) is 0 Å². The van der Waals surface area contributed by atoms with E-state index in [1.54, 1.807) is 0 Å². The Morgan fingerprint density at radius 2 is 1.75 bits per heavy atom. The molecule has 0 radical (unpaired) electrons. The molecule has 4 heteroatoms. The highest BCUT2D eigenvalue weighted by Crippen LogP contribution is 2.22. The quantitative estimate of drug-likeness (QED) is 0.758. The smallest absolute Gasteiger partial charge is 0.0696 e. The highest BCUT2D eigenvalue weighted by atomic mass is 127. The van der Waals surface area contributed by atoms with Gasteiger partial charge in [0.2, 0.25) is 0 Å². The predicted octanol–water partition coefficient (Wildman–Crippen LogP) is 1.88. The van der Waals surface area contributed by atoms with Crippen LogP contribution in [-0.4, -0.2) is 10.2 Å². The molecular weight excluding hydrogens is 382 g/mol. The van der Waals surface area contributed by atoms with Crippen molar-refractivity contribution in [2.75, 3.05) is 0 Å². The lowest BCUT2D eigenvalue weighted by Gasteiger charge is -2.08. The highest BCUT2D eigenvalue weighted by molar-refractivity contribution is 14.1. The fourth-order valence-corrected chi connectivity index (χ4v) is 2.15. The fraction of sp³-hybridized carbons (Fsp3) is 0.250. The maximum atomic E-state index is 9.04. The van der Waals surface area contributed by atoms with Crippen molar-refractivity contribution in [3.8, 4) is 0 Å². The summed E-state index contributed by atoms with van der Waals surface area (Å²) in [6.07, 6.45) is 0. The molecule has 0 atom stereocenters. The van der Waals surface area contributed by atoms with Crippen LogP contribution in [0.3, 0.4) is 0 Å². The Balaban J connectivity index is 3.25. The topological polar surface area (TPSA) is 40.5 Å². The summed E-state index contributed by atoms with van der Waals surface area (Å²) < 4.78 is 2.14. The van der Waals surface area contributed by atoms with Gasteiger partial charge in [-0.25, -0.2) is 0 Å². The zero-order valence-electron chi connectivity index (χ0n) is 6.22. The molecular formula is C8H8I2O2. The number of benzene rings is 1. The zero-order valence-corrected chi connectivity index (χ0v) is 10.5. The van der Waals surface area contributed by atoms with Crippen molar-refractivity contribution < 1.29 is 10.2 Å². The number of rotatable bonds is 2. The van der Waals surface area contributed by atoms with Crippen molar-refractivity contribution in [3.63, 3.8) is 0 Å². The molecule has 0 saturated carbocycles. The SMILES string of the molecule is OCc1ccc(I)c(I)c1CO. The molecule has 2 N–H and O–H groups in total. The van der Waals surface area contributed by atoms with Gasteiger partial charge in [-0.2, -0.15) is 0 Å². The largest absolute Gasteiger partial charge is 0.392 e. The molecule has 2 nitrogen and oxygen atoms in total. The summed E-state index contributed by atoms with van der Waals surface area (Å²) in [5.41, 5.74) is 1.65. The van der Waals surface area contributed by atoms with Gasteiger partial charge in [0.25, 0.3) is 0 Å². The molecule has 0 aromatic heterocycles. The van der Waals surface area contributed by atoms with Gasteiger partial charge in [-0.3, -0.25) is 0 Å². The molecule has 0 fully saturated rings. The molecule has 0 heterocycles. The minimum absolute atomic E-state index is 0.00892. The minimum Gasteiger partial charge on any atom is -0.392 e. The molecule has 1 aromatic rings. The summed E-state index contributed by atoms with van der Waals surface area (Å²) in [5, 5.41) is 18.0. The van der Waals surface area contributed by atoms with Gasteiger partial charge in [-0.1, -0.05) is 6.07 Å². The standard InChI is InChI=1S/C8H8I2O2/c9-7-2-1-5(3-11)6(4-12)8(7)10/h1-2,11-12H,3-4H2. The van der Waals surface area contributed by atoms with E-state index >= 15 is 0 Å². The number of aliphatic hydroxyl groups excluding tert-OH is 2. The van der Waals surface area contributed by atoms with E-state index in [1.165, 1.54) is 0 Å². The second-order valence-corrected chi connectivity index (χ2v) is 4.56. The first-order chi connectivity index (χ1) is 5.70. The first-order valence-corrected chi connectivity index (χ1v) is 5.54. The van der Waals surface area contributed by atoms with E-state index < -0.39 is 0 Å². The van der Waals surface area contributed by atoms with Crippen LogP contribution in [0.5, 0.6) is 0 Å². The molecule has 0 bridgehead atoms. The van der Waals surface area contributed by atoms with Gasteiger partial charge in [0.15, 0.2) is 0 Å². The van der Waals surface area contributed by atoms with E-state index in [2.05, 4.69) is 45.2 Å². The molecule has 0 aliphatic carbocycles. The minimum atomic E-state index is -0.0111. The van der Waals surface area contributed by atoms with Crippen molar-refractivity contribution in [2.45, 2.75) is 13.2 Å². The molecule has 1 rings (SSSR count). The van der Waals surface area contributed by atoms with Crippen LogP contribution in [0.25, 0.3) is 0 Å². The molecule has 0 amide bonds. The maximum absolute atomic E-state index is 9.04. The predicted molar refractivity (Wildman–Crippen MR) is 63.7 cm³/mol. The average molecular weight is 390 g/mol. The van der Waals surface area contributed by atoms with E-state index in [0.29, 0.717) is 0 Å². The van der Waals surface area contributed by atoms with Gasteiger partial charge in [0, 0.05) is 7.14 Å². The third-order valence-electron chi connectivity index (χ3n) is 1.62. The molecule has 1 aromatic carbocycles. The lowest BCUT2D eigenvalue weighted by Crippen LogP contribution is -1.99. The van der Waals surface area contributed by atoms with Crippen LogP contribution in [0.15, 0.2) is 12.1 Å². The van der Waals surface area contributed by atoms with Gasteiger partial charge in [-0.15, -0.1) is 0 Å². The molecule has 0 aliphatic heterocycles. The van der Waals surface area contributed by atoms with Gasteiger partial charge in [0.1, 0.15) is 0 Å². The Morgan fingerprint density at radius 3 is 2.25 bits per heavy atom. The monoisotopic (exact) mass is 390 g/mol. The average Bonchev–Trinajstić information content (AvgIpc) is 2.09. The van der Waals surface area contributed by atoms with E-state index in [4.69, 9.17) is 10.2 Å². The van der Waals surface area contributed by atoms with Crippen LogP contribution in [-0.2, 0) is 13.2 Å². The van der Waals surface area contributed by atoms with Crippen LogP contribution >= 0.6 is 45.2 Å². The van der Waals surface area contributed by atoms with Crippen LogP contribution in [0.1, 0.15) is 11.1 Å². The molecule has 0 unspecified atom stereocenters. The van der Waals surface area contributed by atoms with Gasteiger partial charge < -0.3 is 10.2 Å². The second kappa shape index (κ2) is 4.73. The lowest BCUT2D eigenvalue weighted by atomic mass is 10.1. The first-order valence-electron chi connectivity index (χ1n) is 3.38. The van der Waals surface area contributed by atoms with E-state index in [1.807, 2.05) is 12.1 Å². The summed E-state index contributed by atoms with van der Waals surface area (Å²) in [6.45, 7) is -0.0200. The molecule has 0 aliphatic rings. The number of halogens is 2. The van der Waals surface area contributed by atoms with Crippen molar-refractivity contribution in [1.29, 1.82) is 0 Å². The van der Waals surface area contributed by atoms with Gasteiger partial charge in [0.05, 0.1) is 13.2 Å². The number of aliphatic hydroxyl groups is 2. The molecule has 0 spiro atoms. The van der Waals surface area contributed by atoms with Crippen molar-refractivity contribution in [2.24, 2.45) is 0 Å². The molecule has 0 saturated heterocycles. The summed E-state index contributed by atoms with van der Waals surface area (Å²) >= 11 is 4.38. The Bertz CT molecular complexity index is 287. The summed E-state index contributed by atoms with van der Waals surface area (Å²) in [5.74, 6) is 0. The van der Waals surface area contributed by atoms with Crippen LogP contribution < -0.4 is 0 Å². The highest BCUT2D eigenvalue weighted by Gasteiger charge is 2.07. The normalized spacial score (nSPS) is 10.3. The zero-order chi connectivity index (χ0) is 9.14. The second-order valence-electron chi connectivity index (χ2n) is 2.32. The van der Waals surface area contributed by atoms with Crippen molar-refractivity contribution in [1.82, 2.24) is 0 Å². The van der Waals surface area contributed by atoms with Gasteiger partial charge >= 0.3 is 0 Å². The Hall–Kier alpha value is 0.600. The van der Waals surface area contributed by atoms with Crippen molar-refractivity contribution >= 4 is 45.2 Å². The molecule has 12 heavy (non-hydrogen) atoms. The third kappa shape index (κ3) is 2.09. The maximum Gasteiger partial charge on any atom is 0.0696 e. The van der Waals surface area contributed by atoms with Crippen molar-refractivity contribution in [3.05, 3.63) is 30.4 Å². The van der Waals surface area contributed by atoms with Crippen LogP contribution in [0, 0.1) is 7.14 Å². The van der Waals surface area contributed by atoms with Crippen LogP contribution in [0.2, 0.25) is 0 Å². The first kappa shape index (κ1) is 10.7. The summed E-state index contributed by atoms with van der Waals surface area (Å²) in [6, 6.07) is 3.78.